The van der Waals surface area contributed by atoms with Crippen LogP contribution in [0.2, 0.25) is 0 Å². The Balaban J connectivity index is 2.83. The fraction of sp³-hybridized carbons (Fsp3) is 0.417. The van der Waals surface area contributed by atoms with Gasteiger partial charge in [-0.15, -0.1) is 0 Å². The summed E-state index contributed by atoms with van der Waals surface area (Å²) in [6, 6.07) is 9.84. The van der Waals surface area contributed by atoms with E-state index in [0.717, 1.165) is 12.0 Å². The van der Waals surface area contributed by atoms with Gasteiger partial charge in [0.1, 0.15) is 0 Å². The molecule has 0 saturated heterocycles. The SMILES string of the molecule is CC(C)(CN)Cc1cccc(C#N)c1. The van der Waals surface area contributed by atoms with Crippen molar-refractivity contribution in [2.24, 2.45) is 11.1 Å². The molecule has 0 bridgehead atoms. The van der Waals surface area contributed by atoms with Gasteiger partial charge in [-0.2, -0.15) is 5.26 Å². The highest BCUT2D eigenvalue weighted by Crippen LogP contribution is 2.20. The van der Waals surface area contributed by atoms with Crippen molar-refractivity contribution in [1.29, 1.82) is 5.26 Å². The Bertz CT molecular complexity index is 348. The molecule has 0 fully saturated rings. The lowest BCUT2D eigenvalue weighted by atomic mass is 9.86. The van der Waals surface area contributed by atoms with Crippen LogP contribution in [0.3, 0.4) is 0 Å². The molecule has 0 saturated carbocycles. The maximum Gasteiger partial charge on any atom is 0.0991 e. The Kier molecular flexibility index (Phi) is 3.27. The fourth-order valence-electron chi connectivity index (χ4n) is 1.38. The zero-order chi connectivity index (χ0) is 10.6. The predicted octanol–water partition coefficient (Wildman–Crippen LogP) is 2.09. The Labute approximate surface area is 85.4 Å². The number of nitriles is 1. The van der Waals surface area contributed by atoms with Crippen LogP contribution >= 0.6 is 0 Å². The normalized spacial score (nSPS) is 11.0. The van der Waals surface area contributed by atoms with Crippen LogP contribution in [-0.4, -0.2) is 6.54 Å². The molecule has 0 spiro atoms. The minimum Gasteiger partial charge on any atom is -0.330 e. The summed E-state index contributed by atoms with van der Waals surface area (Å²) in [6.45, 7) is 4.92. The second-order valence-electron chi connectivity index (χ2n) is 4.36. The van der Waals surface area contributed by atoms with E-state index in [0.29, 0.717) is 6.54 Å². The van der Waals surface area contributed by atoms with Gasteiger partial charge in [0.25, 0.3) is 0 Å². The summed E-state index contributed by atoms with van der Waals surface area (Å²) in [6.07, 6.45) is 0.916. The van der Waals surface area contributed by atoms with E-state index in [9.17, 15) is 0 Å². The van der Waals surface area contributed by atoms with Crippen molar-refractivity contribution in [2.75, 3.05) is 6.54 Å². The lowest BCUT2D eigenvalue weighted by molar-refractivity contribution is 0.377. The summed E-state index contributed by atoms with van der Waals surface area (Å²) in [4.78, 5) is 0. The lowest BCUT2D eigenvalue weighted by Crippen LogP contribution is -2.25. The highest BCUT2D eigenvalue weighted by Gasteiger charge is 2.15. The number of nitrogens with zero attached hydrogens (tertiary/aromatic N) is 1. The molecule has 2 N–H and O–H groups in total. The number of nitrogens with two attached hydrogens (primary N) is 1. The van der Waals surface area contributed by atoms with Gasteiger partial charge in [-0.1, -0.05) is 26.0 Å². The van der Waals surface area contributed by atoms with E-state index in [2.05, 4.69) is 19.9 Å². The lowest BCUT2D eigenvalue weighted by Gasteiger charge is -2.22. The summed E-state index contributed by atoms with van der Waals surface area (Å²) in [5, 5.41) is 8.74. The van der Waals surface area contributed by atoms with Crippen molar-refractivity contribution in [3.8, 4) is 6.07 Å². The van der Waals surface area contributed by atoms with Crippen LogP contribution in [0.4, 0.5) is 0 Å². The number of hydrogen-bond donors (Lipinski definition) is 1. The van der Waals surface area contributed by atoms with E-state index in [4.69, 9.17) is 11.0 Å². The maximum absolute atomic E-state index is 8.74. The largest absolute Gasteiger partial charge is 0.330 e. The van der Waals surface area contributed by atoms with E-state index < -0.39 is 0 Å². The molecule has 1 rings (SSSR count). The number of hydrogen-bond acceptors (Lipinski definition) is 2. The van der Waals surface area contributed by atoms with Gasteiger partial charge >= 0.3 is 0 Å². The van der Waals surface area contributed by atoms with Crippen molar-refractivity contribution in [3.05, 3.63) is 35.4 Å². The molecule has 2 heteroatoms. The minimum atomic E-state index is 0.105. The fourth-order valence-corrected chi connectivity index (χ4v) is 1.38. The summed E-state index contributed by atoms with van der Waals surface area (Å²) in [7, 11) is 0. The van der Waals surface area contributed by atoms with Crippen LogP contribution < -0.4 is 5.73 Å². The van der Waals surface area contributed by atoms with Gasteiger partial charge in [0.05, 0.1) is 11.6 Å². The molecule has 0 radical (unpaired) electrons. The third-order valence-corrected chi connectivity index (χ3v) is 2.29. The molecular formula is C12H16N2. The van der Waals surface area contributed by atoms with Crippen molar-refractivity contribution in [1.82, 2.24) is 0 Å². The maximum atomic E-state index is 8.74. The highest BCUT2D eigenvalue weighted by molar-refractivity contribution is 5.33. The van der Waals surface area contributed by atoms with Gasteiger partial charge < -0.3 is 5.73 Å². The molecule has 14 heavy (non-hydrogen) atoms. The van der Waals surface area contributed by atoms with Crippen LogP contribution in [0.25, 0.3) is 0 Å². The summed E-state index contributed by atoms with van der Waals surface area (Å²) in [5.41, 5.74) is 7.66. The molecule has 1 aromatic carbocycles. The Morgan fingerprint density at radius 1 is 1.43 bits per heavy atom. The third-order valence-electron chi connectivity index (χ3n) is 2.29. The van der Waals surface area contributed by atoms with E-state index in [1.165, 1.54) is 5.56 Å². The van der Waals surface area contributed by atoms with Crippen LogP contribution in [0.15, 0.2) is 24.3 Å². The van der Waals surface area contributed by atoms with Crippen molar-refractivity contribution in [3.63, 3.8) is 0 Å². The third kappa shape index (κ3) is 2.86. The molecule has 74 valence electrons. The van der Waals surface area contributed by atoms with Crippen LogP contribution in [0.1, 0.15) is 25.0 Å². The summed E-state index contributed by atoms with van der Waals surface area (Å²) in [5.74, 6) is 0. The van der Waals surface area contributed by atoms with Gasteiger partial charge in [-0.05, 0) is 36.1 Å². The molecule has 0 aliphatic carbocycles. The second kappa shape index (κ2) is 4.26. The standard InChI is InChI=1S/C12H16N2/c1-12(2,9-14)7-10-4-3-5-11(6-10)8-13/h3-6H,7,9,14H2,1-2H3. The molecule has 0 aromatic heterocycles. The van der Waals surface area contributed by atoms with Gasteiger partial charge in [0.2, 0.25) is 0 Å². The average molecular weight is 188 g/mol. The zero-order valence-electron chi connectivity index (χ0n) is 8.75. The monoisotopic (exact) mass is 188 g/mol. The first-order chi connectivity index (χ1) is 6.57. The molecule has 0 aliphatic rings. The van der Waals surface area contributed by atoms with E-state index >= 15 is 0 Å². The number of rotatable bonds is 3. The van der Waals surface area contributed by atoms with E-state index in [-0.39, 0.29) is 5.41 Å². The first kappa shape index (κ1) is 10.7. The van der Waals surface area contributed by atoms with Crippen molar-refractivity contribution >= 4 is 0 Å². The molecular weight excluding hydrogens is 172 g/mol. The Hall–Kier alpha value is -1.33. The molecule has 1 aromatic rings. The first-order valence-electron chi connectivity index (χ1n) is 4.76. The molecule has 0 aliphatic heterocycles. The second-order valence-corrected chi connectivity index (χ2v) is 4.36. The Morgan fingerprint density at radius 2 is 2.14 bits per heavy atom. The highest BCUT2D eigenvalue weighted by atomic mass is 14.6. The van der Waals surface area contributed by atoms with Crippen molar-refractivity contribution in [2.45, 2.75) is 20.3 Å². The van der Waals surface area contributed by atoms with Crippen LogP contribution in [-0.2, 0) is 6.42 Å². The van der Waals surface area contributed by atoms with Gasteiger partial charge in [0, 0.05) is 0 Å². The molecule has 2 nitrogen and oxygen atoms in total. The topological polar surface area (TPSA) is 49.8 Å². The van der Waals surface area contributed by atoms with E-state index in [1.54, 1.807) is 0 Å². The molecule has 0 unspecified atom stereocenters. The number of benzene rings is 1. The zero-order valence-corrected chi connectivity index (χ0v) is 8.75. The summed E-state index contributed by atoms with van der Waals surface area (Å²) >= 11 is 0. The quantitative estimate of drug-likeness (QED) is 0.789. The smallest absolute Gasteiger partial charge is 0.0991 e. The van der Waals surface area contributed by atoms with Gasteiger partial charge in [-0.25, -0.2) is 0 Å². The molecule has 0 amide bonds. The van der Waals surface area contributed by atoms with Gasteiger partial charge in [-0.3, -0.25) is 0 Å². The first-order valence-corrected chi connectivity index (χ1v) is 4.76. The predicted molar refractivity (Wildman–Crippen MR) is 57.7 cm³/mol. The molecule has 0 atom stereocenters. The molecule has 0 heterocycles. The minimum absolute atomic E-state index is 0.105. The van der Waals surface area contributed by atoms with Crippen LogP contribution in [0.5, 0.6) is 0 Å². The van der Waals surface area contributed by atoms with E-state index in [1.807, 2.05) is 24.3 Å². The van der Waals surface area contributed by atoms with Crippen molar-refractivity contribution < 1.29 is 0 Å². The average Bonchev–Trinajstić information content (AvgIpc) is 2.17. The van der Waals surface area contributed by atoms with Gasteiger partial charge in [0.15, 0.2) is 0 Å². The Morgan fingerprint density at radius 3 is 2.71 bits per heavy atom. The van der Waals surface area contributed by atoms with Crippen LogP contribution in [0, 0.1) is 16.7 Å². The summed E-state index contributed by atoms with van der Waals surface area (Å²) < 4.78 is 0.